The number of benzene rings is 1. The monoisotopic (exact) mass is 297 g/mol. The molecule has 0 unspecified atom stereocenters. The number of amides is 1. The maximum absolute atomic E-state index is 11.7. The Kier molecular flexibility index (Phi) is 4.34. The lowest BCUT2D eigenvalue weighted by atomic mass is 10.1. The third-order valence-corrected chi connectivity index (χ3v) is 2.79. The van der Waals surface area contributed by atoms with Crippen molar-refractivity contribution in [2.45, 2.75) is 0 Å². The second-order valence-corrected chi connectivity index (χ2v) is 4.33. The number of carbonyl (C=O) groups is 2. The Labute approximate surface area is 125 Å². The number of hydrogen-bond donors (Lipinski definition) is 3. The number of hydrogen-bond acceptors (Lipinski definition) is 4. The highest BCUT2D eigenvalue weighted by Crippen LogP contribution is 2.27. The zero-order valence-electron chi connectivity index (χ0n) is 11.3. The maximum atomic E-state index is 11.7. The summed E-state index contributed by atoms with van der Waals surface area (Å²) in [6.07, 6.45) is 1.37. The van der Waals surface area contributed by atoms with Crippen molar-refractivity contribution in [3.63, 3.8) is 0 Å². The fourth-order valence-electron chi connectivity index (χ4n) is 1.78. The second kappa shape index (κ2) is 6.37. The number of aromatic nitrogens is 1. The fraction of sp³-hybridized carbons (Fsp3) is 0.0667. The van der Waals surface area contributed by atoms with Crippen molar-refractivity contribution in [3.05, 3.63) is 53.6 Å². The van der Waals surface area contributed by atoms with E-state index < -0.39 is 18.4 Å². The number of nitrogens with one attached hydrogen (secondary N) is 1. The number of carbonyl (C=O) groups excluding carboxylic acids is 1. The van der Waals surface area contributed by atoms with Crippen LogP contribution in [0.5, 0.6) is 5.75 Å². The molecule has 1 aromatic heterocycles. The zero-order valence-corrected chi connectivity index (χ0v) is 11.3. The molecule has 2 aromatic rings. The van der Waals surface area contributed by atoms with E-state index in [0.29, 0.717) is 16.8 Å². The summed E-state index contributed by atoms with van der Waals surface area (Å²) in [6, 6.07) is 8.07. The van der Waals surface area contributed by atoms with Crippen LogP contribution >= 0.6 is 0 Å². The van der Waals surface area contributed by atoms with Gasteiger partial charge in [-0.05, 0) is 17.7 Å². The van der Waals surface area contributed by atoms with E-state index in [9.17, 15) is 14.7 Å². The number of carboxylic acid groups (broad SMARTS) is 1. The minimum Gasteiger partial charge on any atom is -0.505 e. The predicted octanol–water partition coefficient (Wildman–Crippen LogP) is 1.82. The van der Waals surface area contributed by atoms with Gasteiger partial charge >= 0.3 is 5.97 Å². The van der Waals surface area contributed by atoms with Gasteiger partial charge in [-0.15, -0.1) is 0 Å². The lowest BCUT2D eigenvalue weighted by Gasteiger charge is -2.07. The van der Waals surface area contributed by atoms with Crippen LogP contribution in [0.1, 0.15) is 10.5 Å². The van der Waals surface area contributed by atoms with Crippen LogP contribution in [0.25, 0.3) is 16.0 Å². The Hall–Kier alpha value is -3.40. The van der Waals surface area contributed by atoms with Gasteiger partial charge in [-0.2, -0.15) is 0 Å². The van der Waals surface area contributed by atoms with E-state index in [4.69, 9.17) is 11.7 Å². The lowest BCUT2D eigenvalue weighted by Crippen LogP contribution is -2.29. The molecule has 0 aliphatic rings. The van der Waals surface area contributed by atoms with Gasteiger partial charge in [0.25, 0.3) is 5.91 Å². The molecule has 7 nitrogen and oxygen atoms in total. The first-order valence-corrected chi connectivity index (χ1v) is 6.18. The molecule has 0 fully saturated rings. The number of aliphatic carboxylic acids is 1. The highest BCUT2D eigenvalue weighted by molar-refractivity contribution is 5.96. The normalized spacial score (nSPS) is 9.77. The third-order valence-electron chi connectivity index (χ3n) is 2.79. The maximum Gasteiger partial charge on any atom is 0.322 e. The van der Waals surface area contributed by atoms with E-state index in [0.717, 1.165) is 0 Å². The molecule has 0 atom stereocenters. The van der Waals surface area contributed by atoms with Crippen molar-refractivity contribution < 1.29 is 19.8 Å². The van der Waals surface area contributed by atoms with Crippen LogP contribution in [0, 0.1) is 6.57 Å². The molecule has 2 rings (SSSR count). The van der Waals surface area contributed by atoms with Crippen LogP contribution in [0.3, 0.4) is 0 Å². The standard InChI is InChI=1S/C15H11N3O4/c1-16-11-4-2-3-9(5-11)10-6-12(19)14(17-7-10)15(22)18-8-13(20)21/h2-7,19H,8H2,(H,18,22)(H,20,21). The van der Waals surface area contributed by atoms with Gasteiger partial charge in [0.1, 0.15) is 12.3 Å². The smallest absolute Gasteiger partial charge is 0.322 e. The van der Waals surface area contributed by atoms with E-state index >= 15 is 0 Å². The van der Waals surface area contributed by atoms with Crippen molar-refractivity contribution >= 4 is 17.6 Å². The highest BCUT2D eigenvalue weighted by atomic mass is 16.4. The summed E-state index contributed by atoms with van der Waals surface area (Å²) < 4.78 is 0. The van der Waals surface area contributed by atoms with Crippen LogP contribution in [0.4, 0.5) is 5.69 Å². The third kappa shape index (κ3) is 3.37. The van der Waals surface area contributed by atoms with Gasteiger partial charge in [-0.1, -0.05) is 18.2 Å². The first-order valence-electron chi connectivity index (χ1n) is 6.18. The number of rotatable bonds is 4. The van der Waals surface area contributed by atoms with Crippen molar-refractivity contribution in [2.75, 3.05) is 6.54 Å². The Morgan fingerprint density at radius 2 is 2.05 bits per heavy atom. The van der Waals surface area contributed by atoms with E-state index in [-0.39, 0.29) is 11.4 Å². The average molecular weight is 297 g/mol. The number of pyridine rings is 1. The van der Waals surface area contributed by atoms with Crippen LogP contribution in [0.15, 0.2) is 36.5 Å². The van der Waals surface area contributed by atoms with E-state index in [1.807, 2.05) is 0 Å². The Balaban J connectivity index is 2.28. The first kappa shape index (κ1) is 15.0. The summed E-state index contributed by atoms with van der Waals surface area (Å²) in [5.41, 5.74) is 1.40. The minimum absolute atomic E-state index is 0.258. The summed E-state index contributed by atoms with van der Waals surface area (Å²) in [5, 5.41) is 20.5. The fourth-order valence-corrected chi connectivity index (χ4v) is 1.78. The van der Waals surface area contributed by atoms with Crippen molar-refractivity contribution in [3.8, 4) is 16.9 Å². The van der Waals surface area contributed by atoms with Gasteiger partial charge in [0.05, 0.1) is 6.57 Å². The lowest BCUT2D eigenvalue weighted by molar-refractivity contribution is -0.135. The van der Waals surface area contributed by atoms with Crippen LogP contribution in [-0.2, 0) is 4.79 Å². The largest absolute Gasteiger partial charge is 0.505 e. The second-order valence-electron chi connectivity index (χ2n) is 4.33. The van der Waals surface area contributed by atoms with Crippen molar-refractivity contribution in [1.82, 2.24) is 10.3 Å². The molecule has 0 spiro atoms. The molecule has 1 amide bonds. The topological polar surface area (TPSA) is 104 Å². The molecule has 0 saturated heterocycles. The van der Waals surface area contributed by atoms with Crippen LogP contribution < -0.4 is 5.32 Å². The van der Waals surface area contributed by atoms with E-state index in [1.165, 1.54) is 12.3 Å². The van der Waals surface area contributed by atoms with E-state index in [2.05, 4.69) is 15.1 Å². The van der Waals surface area contributed by atoms with Gasteiger partial charge in [0.15, 0.2) is 11.4 Å². The highest BCUT2D eigenvalue weighted by Gasteiger charge is 2.14. The number of nitrogens with zero attached hydrogens (tertiary/aromatic N) is 2. The zero-order chi connectivity index (χ0) is 16.1. The number of carboxylic acids is 1. The average Bonchev–Trinajstić information content (AvgIpc) is 2.52. The van der Waals surface area contributed by atoms with Crippen molar-refractivity contribution in [2.24, 2.45) is 0 Å². The predicted molar refractivity (Wildman–Crippen MR) is 77.6 cm³/mol. The van der Waals surface area contributed by atoms with Crippen LogP contribution in [-0.4, -0.2) is 33.6 Å². The van der Waals surface area contributed by atoms with Crippen LogP contribution in [0.2, 0.25) is 0 Å². The molecular formula is C15H11N3O4. The van der Waals surface area contributed by atoms with E-state index in [1.54, 1.807) is 24.3 Å². The molecule has 7 heteroatoms. The summed E-state index contributed by atoms with van der Waals surface area (Å²) in [5.74, 6) is -2.34. The van der Waals surface area contributed by atoms with Gasteiger partial charge in [-0.3, -0.25) is 9.59 Å². The Morgan fingerprint density at radius 1 is 1.27 bits per heavy atom. The summed E-state index contributed by atoms with van der Waals surface area (Å²) in [4.78, 5) is 29.2. The molecule has 1 heterocycles. The molecule has 0 aliphatic carbocycles. The Morgan fingerprint density at radius 3 is 2.68 bits per heavy atom. The molecule has 22 heavy (non-hydrogen) atoms. The molecule has 0 bridgehead atoms. The molecule has 3 N–H and O–H groups in total. The SMILES string of the molecule is [C-]#[N+]c1cccc(-c2cnc(C(=O)NCC(=O)O)c(O)c2)c1. The summed E-state index contributed by atoms with van der Waals surface area (Å²) in [6.45, 7) is 6.41. The summed E-state index contributed by atoms with van der Waals surface area (Å²) >= 11 is 0. The molecule has 0 radical (unpaired) electrons. The van der Waals surface area contributed by atoms with Gasteiger partial charge in [0.2, 0.25) is 0 Å². The molecule has 110 valence electrons. The Bertz CT molecular complexity index is 781. The quantitative estimate of drug-likeness (QED) is 0.747. The van der Waals surface area contributed by atoms with Gasteiger partial charge in [0, 0.05) is 11.8 Å². The molecular weight excluding hydrogens is 286 g/mol. The summed E-state index contributed by atoms with van der Waals surface area (Å²) in [7, 11) is 0. The first-order chi connectivity index (χ1) is 10.5. The molecule has 0 saturated carbocycles. The molecule has 1 aromatic carbocycles. The van der Waals surface area contributed by atoms with Gasteiger partial charge in [-0.25, -0.2) is 9.83 Å². The molecule has 0 aliphatic heterocycles. The minimum atomic E-state index is -1.19. The van der Waals surface area contributed by atoms with Crippen molar-refractivity contribution in [1.29, 1.82) is 0 Å². The van der Waals surface area contributed by atoms with Gasteiger partial charge < -0.3 is 15.5 Å². The number of aromatic hydroxyl groups is 1.